The highest BCUT2D eigenvalue weighted by molar-refractivity contribution is 5.78. The van der Waals surface area contributed by atoms with Gasteiger partial charge in [-0.3, -0.25) is 9.59 Å². The third-order valence-electron chi connectivity index (χ3n) is 2.68. The fourth-order valence-corrected chi connectivity index (χ4v) is 1.77. The average molecular weight is 213 g/mol. The van der Waals surface area contributed by atoms with Gasteiger partial charge in [-0.1, -0.05) is 6.92 Å². The van der Waals surface area contributed by atoms with Crippen molar-refractivity contribution in [2.24, 2.45) is 5.73 Å². The second-order valence-corrected chi connectivity index (χ2v) is 3.67. The van der Waals surface area contributed by atoms with Gasteiger partial charge in [0.15, 0.2) is 0 Å². The van der Waals surface area contributed by atoms with Gasteiger partial charge in [0.05, 0.1) is 6.54 Å². The van der Waals surface area contributed by atoms with Gasteiger partial charge in [0.25, 0.3) is 0 Å². The SMILES string of the molecule is CCC(=O)N1CCCN(C(=O)CN)CC1. The van der Waals surface area contributed by atoms with E-state index in [2.05, 4.69) is 0 Å². The third kappa shape index (κ3) is 3.20. The molecule has 2 N–H and O–H groups in total. The van der Waals surface area contributed by atoms with E-state index in [1.807, 2.05) is 11.8 Å². The summed E-state index contributed by atoms with van der Waals surface area (Å²) in [6, 6.07) is 0. The molecule has 0 aromatic heterocycles. The minimum absolute atomic E-state index is 0.0270. The van der Waals surface area contributed by atoms with Crippen molar-refractivity contribution in [1.82, 2.24) is 9.80 Å². The molecule has 0 unspecified atom stereocenters. The van der Waals surface area contributed by atoms with Crippen molar-refractivity contribution in [2.75, 3.05) is 32.7 Å². The van der Waals surface area contributed by atoms with Gasteiger partial charge in [-0.15, -0.1) is 0 Å². The molecule has 1 fully saturated rings. The number of hydrogen-bond donors (Lipinski definition) is 1. The number of amides is 2. The Bertz CT molecular complexity index is 219. The first-order chi connectivity index (χ1) is 7.19. The maximum Gasteiger partial charge on any atom is 0.236 e. The van der Waals surface area contributed by atoms with Gasteiger partial charge in [-0.2, -0.15) is 0 Å². The summed E-state index contributed by atoms with van der Waals surface area (Å²) >= 11 is 0. The Balaban J connectivity index is 2.48. The standard InChI is InChI=1S/C10H19N3O2/c1-2-9(14)12-4-3-5-13(7-6-12)10(15)8-11/h2-8,11H2,1H3. The summed E-state index contributed by atoms with van der Waals surface area (Å²) < 4.78 is 0. The minimum Gasteiger partial charge on any atom is -0.341 e. The van der Waals surface area contributed by atoms with E-state index in [0.717, 1.165) is 13.0 Å². The van der Waals surface area contributed by atoms with Crippen molar-refractivity contribution in [3.63, 3.8) is 0 Å². The molecule has 2 amide bonds. The van der Waals surface area contributed by atoms with Crippen molar-refractivity contribution < 1.29 is 9.59 Å². The topological polar surface area (TPSA) is 66.6 Å². The smallest absolute Gasteiger partial charge is 0.236 e. The van der Waals surface area contributed by atoms with Gasteiger partial charge in [0.2, 0.25) is 11.8 Å². The monoisotopic (exact) mass is 213 g/mol. The van der Waals surface area contributed by atoms with Crippen molar-refractivity contribution in [3.8, 4) is 0 Å². The van der Waals surface area contributed by atoms with Crippen LogP contribution in [0.15, 0.2) is 0 Å². The highest BCUT2D eigenvalue weighted by Crippen LogP contribution is 2.04. The van der Waals surface area contributed by atoms with E-state index < -0.39 is 0 Å². The zero-order valence-electron chi connectivity index (χ0n) is 9.24. The van der Waals surface area contributed by atoms with E-state index in [-0.39, 0.29) is 18.4 Å². The third-order valence-corrected chi connectivity index (χ3v) is 2.68. The lowest BCUT2D eigenvalue weighted by molar-refractivity contribution is -0.132. The predicted octanol–water partition coefficient (Wildman–Crippen LogP) is -0.584. The molecule has 1 rings (SSSR count). The molecule has 5 nitrogen and oxygen atoms in total. The van der Waals surface area contributed by atoms with Crippen LogP contribution in [0.4, 0.5) is 0 Å². The molecular weight excluding hydrogens is 194 g/mol. The number of nitrogens with two attached hydrogens (primary N) is 1. The van der Waals surface area contributed by atoms with Crippen LogP contribution in [0, 0.1) is 0 Å². The van der Waals surface area contributed by atoms with Crippen LogP contribution >= 0.6 is 0 Å². The quantitative estimate of drug-likeness (QED) is 0.667. The fraction of sp³-hybridized carbons (Fsp3) is 0.800. The first-order valence-electron chi connectivity index (χ1n) is 5.44. The number of carbonyl (C=O) groups excluding carboxylic acids is 2. The zero-order chi connectivity index (χ0) is 11.3. The Morgan fingerprint density at radius 2 is 1.60 bits per heavy atom. The highest BCUT2D eigenvalue weighted by atomic mass is 16.2. The van der Waals surface area contributed by atoms with Crippen LogP contribution < -0.4 is 5.73 Å². The maximum absolute atomic E-state index is 11.5. The summed E-state index contributed by atoms with van der Waals surface area (Å²) in [6.45, 7) is 4.63. The maximum atomic E-state index is 11.5. The van der Waals surface area contributed by atoms with Gasteiger partial charge in [0.1, 0.15) is 0 Å². The Kier molecular flexibility index (Phi) is 4.55. The van der Waals surface area contributed by atoms with Gasteiger partial charge >= 0.3 is 0 Å². The number of rotatable bonds is 2. The van der Waals surface area contributed by atoms with E-state index in [0.29, 0.717) is 26.1 Å². The van der Waals surface area contributed by atoms with Gasteiger partial charge in [-0.05, 0) is 6.42 Å². The van der Waals surface area contributed by atoms with Crippen LogP contribution in [-0.2, 0) is 9.59 Å². The number of hydrogen-bond acceptors (Lipinski definition) is 3. The largest absolute Gasteiger partial charge is 0.341 e. The second kappa shape index (κ2) is 5.70. The normalized spacial score (nSPS) is 17.5. The molecule has 0 saturated carbocycles. The molecule has 0 radical (unpaired) electrons. The molecule has 0 aromatic rings. The fourth-order valence-electron chi connectivity index (χ4n) is 1.77. The minimum atomic E-state index is -0.0270. The first kappa shape index (κ1) is 12.0. The lowest BCUT2D eigenvalue weighted by atomic mass is 10.3. The van der Waals surface area contributed by atoms with Gasteiger partial charge in [0, 0.05) is 32.6 Å². The van der Waals surface area contributed by atoms with E-state index in [9.17, 15) is 9.59 Å². The molecular formula is C10H19N3O2. The Labute approximate surface area is 90.2 Å². The molecule has 0 atom stereocenters. The summed E-state index contributed by atoms with van der Waals surface area (Å²) in [5.41, 5.74) is 5.30. The molecule has 1 heterocycles. The molecule has 1 aliphatic heterocycles. The summed E-state index contributed by atoms with van der Waals surface area (Å²) in [4.78, 5) is 26.4. The van der Waals surface area contributed by atoms with E-state index >= 15 is 0 Å². The average Bonchev–Trinajstić information content (AvgIpc) is 2.52. The lowest BCUT2D eigenvalue weighted by Crippen LogP contribution is -2.39. The lowest BCUT2D eigenvalue weighted by Gasteiger charge is -2.21. The Morgan fingerprint density at radius 1 is 1.07 bits per heavy atom. The number of carbonyl (C=O) groups is 2. The van der Waals surface area contributed by atoms with Gasteiger partial charge in [-0.25, -0.2) is 0 Å². The van der Waals surface area contributed by atoms with Crippen molar-refractivity contribution >= 4 is 11.8 Å². The highest BCUT2D eigenvalue weighted by Gasteiger charge is 2.19. The summed E-state index contributed by atoms with van der Waals surface area (Å²) in [6.07, 6.45) is 1.38. The van der Waals surface area contributed by atoms with E-state index in [1.54, 1.807) is 4.90 Å². The number of nitrogens with zero attached hydrogens (tertiary/aromatic N) is 2. The van der Waals surface area contributed by atoms with Crippen LogP contribution in [0.1, 0.15) is 19.8 Å². The van der Waals surface area contributed by atoms with Crippen LogP contribution in [0.25, 0.3) is 0 Å². The van der Waals surface area contributed by atoms with Crippen molar-refractivity contribution in [3.05, 3.63) is 0 Å². The van der Waals surface area contributed by atoms with Crippen LogP contribution in [-0.4, -0.2) is 54.3 Å². The van der Waals surface area contributed by atoms with Gasteiger partial charge < -0.3 is 15.5 Å². The van der Waals surface area contributed by atoms with Crippen LogP contribution in [0.5, 0.6) is 0 Å². The Morgan fingerprint density at radius 3 is 2.07 bits per heavy atom. The predicted molar refractivity (Wildman–Crippen MR) is 57.1 cm³/mol. The van der Waals surface area contributed by atoms with Crippen molar-refractivity contribution in [2.45, 2.75) is 19.8 Å². The molecule has 15 heavy (non-hydrogen) atoms. The molecule has 0 aromatic carbocycles. The molecule has 1 saturated heterocycles. The summed E-state index contributed by atoms with van der Waals surface area (Å²) in [5, 5.41) is 0. The Hall–Kier alpha value is -1.10. The molecule has 0 bridgehead atoms. The van der Waals surface area contributed by atoms with Crippen molar-refractivity contribution in [1.29, 1.82) is 0 Å². The van der Waals surface area contributed by atoms with E-state index in [4.69, 9.17) is 5.73 Å². The van der Waals surface area contributed by atoms with E-state index in [1.165, 1.54) is 0 Å². The molecule has 5 heteroatoms. The van der Waals surface area contributed by atoms with Crippen LogP contribution in [0.3, 0.4) is 0 Å². The molecule has 0 aliphatic carbocycles. The summed E-state index contributed by atoms with van der Waals surface area (Å²) in [7, 11) is 0. The molecule has 86 valence electrons. The zero-order valence-corrected chi connectivity index (χ0v) is 9.24. The first-order valence-corrected chi connectivity index (χ1v) is 5.44. The molecule has 0 spiro atoms. The second-order valence-electron chi connectivity index (χ2n) is 3.67. The van der Waals surface area contributed by atoms with Crippen LogP contribution in [0.2, 0.25) is 0 Å². The summed E-state index contributed by atoms with van der Waals surface area (Å²) in [5.74, 6) is 0.137. The molecule has 1 aliphatic rings.